The van der Waals surface area contributed by atoms with Gasteiger partial charge in [-0.3, -0.25) is 19.3 Å². The van der Waals surface area contributed by atoms with Crippen LogP contribution in [-0.2, 0) is 20.8 Å². The Morgan fingerprint density at radius 2 is 1.70 bits per heavy atom. The summed E-state index contributed by atoms with van der Waals surface area (Å²) in [5, 5.41) is 27.7. The summed E-state index contributed by atoms with van der Waals surface area (Å²) < 4.78 is 12.9. The number of nitrogens with zero attached hydrogens (tertiary/aromatic N) is 2. The van der Waals surface area contributed by atoms with E-state index >= 15 is 0 Å². The summed E-state index contributed by atoms with van der Waals surface area (Å²) in [4.78, 5) is 43.8. The predicted molar refractivity (Wildman–Crippen MR) is 182 cm³/mol. The summed E-state index contributed by atoms with van der Waals surface area (Å²) in [5.74, 6) is 2.51. The number of nitrogens with one attached hydrogen (secondary N) is 2. The highest BCUT2D eigenvalue weighted by Gasteiger charge is 2.35. The molecule has 0 heterocycles. The van der Waals surface area contributed by atoms with E-state index in [-0.39, 0.29) is 37.6 Å². The number of carbonyl (C=O) groups is 3. The van der Waals surface area contributed by atoms with Crippen LogP contribution in [0.3, 0.4) is 0 Å². The van der Waals surface area contributed by atoms with Crippen molar-refractivity contribution in [1.29, 1.82) is 0 Å². The highest BCUT2D eigenvalue weighted by Crippen LogP contribution is 2.29. The molecule has 0 radical (unpaired) electrons. The van der Waals surface area contributed by atoms with Crippen molar-refractivity contribution < 1.29 is 29.0 Å². The second-order valence-electron chi connectivity index (χ2n) is 13.1. The van der Waals surface area contributed by atoms with Crippen molar-refractivity contribution in [1.82, 2.24) is 20.4 Å². The Morgan fingerprint density at radius 3 is 2.32 bits per heavy atom. The predicted octanol–water partition coefficient (Wildman–Crippen LogP) is 3.29. The van der Waals surface area contributed by atoms with E-state index in [2.05, 4.69) is 22.5 Å². The van der Waals surface area contributed by atoms with Gasteiger partial charge in [0.05, 0.1) is 24.2 Å². The maximum absolute atomic E-state index is 13.9. The number of aliphatic hydroxyl groups is 2. The molecule has 0 saturated heterocycles. The molecule has 1 saturated carbocycles. The van der Waals surface area contributed by atoms with Gasteiger partial charge in [-0.1, -0.05) is 62.4 Å². The van der Waals surface area contributed by atoms with Crippen LogP contribution in [0, 0.1) is 42.4 Å². The topological polar surface area (TPSA) is 122 Å². The van der Waals surface area contributed by atoms with Crippen LogP contribution >= 0.6 is 0 Å². The lowest BCUT2D eigenvalue weighted by Gasteiger charge is -2.34. The van der Waals surface area contributed by atoms with E-state index in [4.69, 9.17) is 12.8 Å². The van der Waals surface area contributed by atoms with Crippen LogP contribution in [0.5, 0.6) is 0 Å². The number of hydrogen-bond acceptors (Lipinski definition) is 6. The van der Waals surface area contributed by atoms with Crippen LogP contribution in [0.2, 0.25) is 0 Å². The number of likely N-dealkylation sites (N-methyl/N-ethyl adjacent to an activating group) is 2. The van der Waals surface area contributed by atoms with Crippen LogP contribution < -0.4 is 10.6 Å². The third-order valence-corrected chi connectivity index (χ3v) is 9.17. The number of alkyl halides is 1. The first kappa shape index (κ1) is 39.7. The molecule has 6 unspecified atom stereocenters. The fourth-order valence-corrected chi connectivity index (χ4v) is 6.00. The summed E-state index contributed by atoms with van der Waals surface area (Å²) in [6.45, 7) is 1.64. The molecule has 47 heavy (non-hydrogen) atoms. The van der Waals surface area contributed by atoms with E-state index in [0.717, 1.165) is 37.7 Å². The summed E-state index contributed by atoms with van der Waals surface area (Å²) in [5.41, 5.74) is 0.848. The summed E-state index contributed by atoms with van der Waals surface area (Å²) in [6, 6.07) is 7.39. The maximum atomic E-state index is 13.9. The molecule has 1 fully saturated rings. The Kier molecular flexibility index (Phi) is 18.1. The summed E-state index contributed by atoms with van der Waals surface area (Å²) in [6.07, 6.45) is 15.9. The van der Waals surface area contributed by atoms with Crippen molar-refractivity contribution in [3.8, 4) is 24.7 Å². The zero-order chi connectivity index (χ0) is 34.8. The highest BCUT2D eigenvalue weighted by molar-refractivity contribution is 5.91. The fraction of sp³-hybridized carbons (Fsp3) is 0.649. The molecule has 1 aromatic carbocycles. The summed E-state index contributed by atoms with van der Waals surface area (Å²) in [7, 11) is 3.22. The van der Waals surface area contributed by atoms with Crippen molar-refractivity contribution in [3.63, 3.8) is 0 Å². The summed E-state index contributed by atoms with van der Waals surface area (Å²) >= 11 is 0. The smallest absolute Gasteiger partial charge is 0.244 e. The van der Waals surface area contributed by atoms with Crippen LogP contribution in [0.15, 0.2) is 30.3 Å². The molecule has 0 aliphatic heterocycles. The van der Waals surface area contributed by atoms with Gasteiger partial charge >= 0.3 is 0 Å². The number of carbonyl (C=O) groups excluding carboxylic acids is 3. The minimum absolute atomic E-state index is 0.123. The second-order valence-corrected chi connectivity index (χ2v) is 13.1. The van der Waals surface area contributed by atoms with Gasteiger partial charge < -0.3 is 25.7 Å². The van der Waals surface area contributed by atoms with Gasteiger partial charge in [0.2, 0.25) is 17.7 Å². The zero-order valence-electron chi connectivity index (χ0n) is 28.4. The fourth-order valence-electron chi connectivity index (χ4n) is 6.00. The number of amides is 3. The van der Waals surface area contributed by atoms with Gasteiger partial charge in [-0.15, -0.1) is 24.7 Å². The molecule has 0 spiro atoms. The lowest BCUT2D eigenvalue weighted by Crippen LogP contribution is -2.57. The van der Waals surface area contributed by atoms with E-state index in [1.165, 1.54) is 9.80 Å². The molecule has 2 rings (SSSR count). The van der Waals surface area contributed by atoms with Gasteiger partial charge in [0, 0.05) is 38.9 Å². The SMILES string of the molecule is C#CCCCC(O)C(O)C(CC1CCCCC1)NC(=O)C(NC(=O)C(CC(=O)N(C)CCN(C)CF)Cc1ccccc1)C(C)C#C. The molecule has 1 aliphatic carbocycles. The Balaban J connectivity index is 2.26. The first-order valence-electron chi connectivity index (χ1n) is 16.9. The van der Waals surface area contributed by atoms with Gasteiger partial charge in [-0.05, 0) is 51.1 Å². The molecule has 260 valence electrons. The standard InChI is InChI=1S/C37H55FN4O5/c1-6-8-11-20-32(43)35(45)31(24-29-18-14-10-15-19-29)39-37(47)34(27(3)7-2)40-36(46)30(23-28-16-12-9-13-17-28)25-33(44)42(5)22-21-41(4)26-38/h1-2,9,12-13,16-17,27,29-32,34-35,43,45H,8,10-11,14-15,18-26H2,3-5H3,(H,39,47)(H,40,46). The van der Waals surface area contributed by atoms with Gasteiger partial charge in [0.15, 0.2) is 0 Å². The first-order chi connectivity index (χ1) is 22.5. The van der Waals surface area contributed by atoms with E-state index in [9.17, 15) is 29.0 Å². The monoisotopic (exact) mass is 654 g/mol. The molecule has 3 amide bonds. The van der Waals surface area contributed by atoms with Crippen LogP contribution in [0.1, 0.15) is 76.7 Å². The highest BCUT2D eigenvalue weighted by atomic mass is 19.1. The Morgan fingerprint density at radius 1 is 1.02 bits per heavy atom. The van der Waals surface area contributed by atoms with Crippen molar-refractivity contribution in [2.75, 3.05) is 34.0 Å². The quantitative estimate of drug-likeness (QED) is 0.0973. The number of terminal acetylenes is 2. The van der Waals surface area contributed by atoms with Crippen LogP contribution in [-0.4, -0.2) is 96.0 Å². The molecule has 6 atom stereocenters. The first-order valence-corrected chi connectivity index (χ1v) is 16.9. The Labute approximate surface area is 281 Å². The van der Waals surface area contributed by atoms with Crippen LogP contribution in [0.4, 0.5) is 4.39 Å². The maximum Gasteiger partial charge on any atom is 0.244 e. The molecule has 1 aliphatic rings. The van der Waals surface area contributed by atoms with Crippen LogP contribution in [0.25, 0.3) is 0 Å². The number of benzene rings is 1. The molecule has 1 aromatic rings. The van der Waals surface area contributed by atoms with Crippen molar-refractivity contribution in [2.24, 2.45) is 17.8 Å². The van der Waals surface area contributed by atoms with Gasteiger partial charge in [-0.25, -0.2) is 4.39 Å². The van der Waals surface area contributed by atoms with E-state index in [1.807, 2.05) is 30.3 Å². The Bertz CT molecular complexity index is 1180. The second kappa shape index (κ2) is 21.4. The molecule has 4 N–H and O–H groups in total. The normalized spacial score (nSPS) is 17.3. The molecule has 0 bridgehead atoms. The van der Waals surface area contributed by atoms with E-state index in [0.29, 0.717) is 25.8 Å². The largest absolute Gasteiger partial charge is 0.390 e. The van der Waals surface area contributed by atoms with E-state index < -0.39 is 54.7 Å². The molecule has 9 nitrogen and oxygen atoms in total. The number of hydrogen-bond donors (Lipinski definition) is 4. The van der Waals surface area contributed by atoms with E-state index in [1.54, 1.807) is 21.0 Å². The molecule has 0 aromatic heterocycles. The number of halogens is 1. The van der Waals surface area contributed by atoms with Gasteiger partial charge in [0.1, 0.15) is 12.8 Å². The van der Waals surface area contributed by atoms with Gasteiger partial charge in [-0.2, -0.15) is 0 Å². The lowest BCUT2D eigenvalue weighted by atomic mass is 9.82. The molecule has 10 heteroatoms. The van der Waals surface area contributed by atoms with Crippen molar-refractivity contribution in [3.05, 3.63) is 35.9 Å². The molecular weight excluding hydrogens is 599 g/mol. The average Bonchev–Trinajstić information content (AvgIpc) is 3.08. The van der Waals surface area contributed by atoms with Crippen molar-refractivity contribution >= 4 is 17.7 Å². The Hall–Kier alpha value is -3.44. The zero-order valence-corrected chi connectivity index (χ0v) is 28.4. The minimum Gasteiger partial charge on any atom is -0.390 e. The van der Waals surface area contributed by atoms with Gasteiger partial charge in [0.25, 0.3) is 0 Å². The average molecular weight is 655 g/mol. The molecular formula is C37H55FN4O5. The number of aliphatic hydroxyl groups excluding tert-OH is 2. The lowest BCUT2D eigenvalue weighted by molar-refractivity contribution is -0.137. The number of rotatable bonds is 20. The minimum atomic E-state index is -1.23. The third kappa shape index (κ3) is 14.1. The number of unbranched alkanes of at least 4 members (excludes halogenated alkanes) is 1. The van der Waals surface area contributed by atoms with Crippen molar-refractivity contribution in [2.45, 2.75) is 102 Å². The third-order valence-electron chi connectivity index (χ3n) is 9.17.